The van der Waals surface area contributed by atoms with Crippen molar-refractivity contribution in [3.8, 4) is 0 Å². The Morgan fingerprint density at radius 3 is 2.50 bits per heavy atom. The minimum Gasteiger partial charge on any atom is -1.00 e. The van der Waals surface area contributed by atoms with Gasteiger partial charge in [-0.1, -0.05) is 30.3 Å². The molecule has 1 aromatic carbocycles. The Bertz CT molecular complexity index is 455. The third-order valence-corrected chi connectivity index (χ3v) is 2.66. The minimum atomic E-state index is 0. The molecule has 0 aliphatic rings. The normalized spacial score (nSPS) is 9.62. The summed E-state index contributed by atoms with van der Waals surface area (Å²) in [6, 6.07) is 10.5. The van der Waals surface area contributed by atoms with Gasteiger partial charge in [0, 0.05) is 12.5 Å². The SMILES string of the molecule is Cc1ncc[n+](Cc2ccccc2)c1C.[Br-]. The van der Waals surface area contributed by atoms with Gasteiger partial charge in [0.2, 0.25) is 0 Å². The van der Waals surface area contributed by atoms with Crippen LogP contribution in [-0.4, -0.2) is 4.98 Å². The molecule has 0 amide bonds. The van der Waals surface area contributed by atoms with Gasteiger partial charge in [0.05, 0.1) is 6.20 Å². The zero-order valence-electron chi connectivity index (χ0n) is 9.52. The molecule has 0 aliphatic heterocycles. The lowest BCUT2D eigenvalue weighted by Crippen LogP contribution is -3.00. The molecule has 1 heterocycles. The van der Waals surface area contributed by atoms with Crippen LogP contribution in [0.5, 0.6) is 0 Å². The van der Waals surface area contributed by atoms with Crippen LogP contribution in [0, 0.1) is 13.8 Å². The number of aromatic nitrogens is 2. The van der Waals surface area contributed by atoms with Crippen LogP contribution in [0.2, 0.25) is 0 Å². The van der Waals surface area contributed by atoms with Crippen LogP contribution >= 0.6 is 0 Å². The van der Waals surface area contributed by atoms with Crippen molar-refractivity contribution in [3.05, 3.63) is 59.7 Å². The van der Waals surface area contributed by atoms with Gasteiger partial charge in [0.15, 0.2) is 18.4 Å². The molecule has 84 valence electrons. The van der Waals surface area contributed by atoms with E-state index in [1.54, 1.807) is 0 Å². The fourth-order valence-electron chi connectivity index (χ4n) is 1.59. The second kappa shape index (κ2) is 5.75. The summed E-state index contributed by atoms with van der Waals surface area (Å²) < 4.78 is 2.22. The fourth-order valence-corrected chi connectivity index (χ4v) is 1.59. The second-order valence-electron chi connectivity index (χ2n) is 3.71. The van der Waals surface area contributed by atoms with Crippen LogP contribution in [0.4, 0.5) is 0 Å². The zero-order valence-corrected chi connectivity index (χ0v) is 11.1. The second-order valence-corrected chi connectivity index (χ2v) is 3.71. The summed E-state index contributed by atoms with van der Waals surface area (Å²) in [5, 5.41) is 0. The van der Waals surface area contributed by atoms with Crippen LogP contribution in [0.25, 0.3) is 0 Å². The van der Waals surface area contributed by atoms with Crippen molar-refractivity contribution in [3.63, 3.8) is 0 Å². The number of hydrogen-bond acceptors (Lipinski definition) is 1. The van der Waals surface area contributed by atoms with E-state index < -0.39 is 0 Å². The van der Waals surface area contributed by atoms with Gasteiger partial charge in [0.25, 0.3) is 0 Å². The first kappa shape index (κ1) is 12.8. The van der Waals surface area contributed by atoms with Gasteiger partial charge < -0.3 is 17.0 Å². The van der Waals surface area contributed by atoms with E-state index in [0.717, 1.165) is 12.2 Å². The molecule has 0 bridgehead atoms. The molecule has 2 rings (SSSR count). The average Bonchev–Trinajstić information content (AvgIpc) is 2.26. The summed E-state index contributed by atoms with van der Waals surface area (Å²) >= 11 is 0. The van der Waals surface area contributed by atoms with Gasteiger partial charge in [-0.25, -0.2) is 4.98 Å². The van der Waals surface area contributed by atoms with Crippen molar-refractivity contribution in [2.24, 2.45) is 0 Å². The van der Waals surface area contributed by atoms with Crippen LogP contribution < -0.4 is 21.5 Å². The Morgan fingerprint density at radius 1 is 1.12 bits per heavy atom. The summed E-state index contributed by atoms with van der Waals surface area (Å²) in [6.07, 6.45) is 3.88. The summed E-state index contributed by atoms with van der Waals surface area (Å²) in [7, 11) is 0. The Kier molecular flexibility index (Phi) is 4.62. The van der Waals surface area contributed by atoms with Crippen molar-refractivity contribution in [1.82, 2.24) is 4.98 Å². The summed E-state index contributed by atoms with van der Waals surface area (Å²) in [5.41, 5.74) is 3.63. The highest BCUT2D eigenvalue weighted by Crippen LogP contribution is 2.00. The molecule has 1 aromatic heterocycles. The molecule has 0 unspecified atom stereocenters. The van der Waals surface area contributed by atoms with Crippen LogP contribution in [0.3, 0.4) is 0 Å². The maximum absolute atomic E-state index is 4.26. The number of halogens is 1. The summed E-state index contributed by atoms with van der Waals surface area (Å²) in [5.74, 6) is 0. The number of aryl methyl sites for hydroxylation is 1. The quantitative estimate of drug-likeness (QED) is 0.647. The summed E-state index contributed by atoms with van der Waals surface area (Å²) in [6.45, 7) is 5.05. The molecule has 0 fully saturated rings. The van der Waals surface area contributed by atoms with Crippen molar-refractivity contribution in [1.29, 1.82) is 0 Å². The topological polar surface area (TPSA) is 16.8 Å². The van der Waals surface area contributed by atoms with Gasteiger partial charge in [-0.2, -0.15) is 4.57 Å². The molecule has 3 heteroatoms. The van der Waals surface area contributed by atoms with Gasteiger partial charge in [0.1, 0.15) is 5.69 Å². The number of benzene rings is 1. The van der Waals surface area contributed by atoms with E-state index in [9.17, 15) is 0 Å². The van der Waals surface area contributed by atoms with Gasteiger partial charge >= 0.3 is 0 Å². The van der Waals surface area contributed by atoms with Gasteiger partial charge in [-0.15, -0.1) is 0 Å². The Hall–Kier alpha value is -1.22. The lowest BCUT2D eigenvalue weighted by atomic mass is 10.2. The molecule has 0 N–H and O–H groups in total. The van der Waals surface area contributed by atoms with Crippen molar-refractivity contribution in [2.75, 3.05) is 0 Å². The Morgan fingerprint density at radius 2 is 1.81 bits per heavy atom. The van der Waals surface area contributed by atoms with E-state index in [0.29, 0.717) is 0 Å². The Balaban J connectivity index is 0.00000128. The molecule has 2 nitrogen and oxygen atoms in total. The molecule has 0 saturated carbocycles. The fraction of sp³-hybridized carbons (Fsp3) is 0.231. The third-order valence-electron chi connectivity index (χ3n) is 2.66. The maximum atomic E-state index is 4.26. The maximum Gasteiger partial charge on any atom is 0.199 e. The van der Waals surface area contributed by atoms with Gasteiger partial charge in [-0.05, 0) is 6.92 Å². The smallest absolute Gasteiger partial charge is 0.199 e. The average molecular weight is 279 g/mol. The number of rotatable bonds is 2. The van der Waals surface area contributed by atoms with Crippen LogP contribution in [0.15, 0.2) is 42.7 Å². The lowest BCUT2D eigenvalue weighted by molar-refractivity contribution is -0.695. The third kappa shape index (κ3) is 2.89. The molecule has 0 radical (unpaired) electrons. The van der Waals surface area contributed by atoms with E-state index in [1.165, 1.54) is 11.3 Å². The first-order valence-corrected chi connectivity index (χ1v) is 5.13. The van der Waals surface area contributed by atoms with Crippen molar-refractivity contribution < 1.29 is 21.5 Å². The van der Waals surface area contributed by atoms with E-state index in [1.807, 2.05) is 25.4 Å². The molecule has 16 heavy (non-hydrogen) atoms. The highest BCUT2D eigenvalue weighted by Gasteiger charge is 2.09. The highest BCUT2D eigenvalue weighted by molar-refractivity contribution is 5.13. The molecule has 0 atom stereocenters. The van der Waals surface area contributed by atoms with E-state index in [-0.39, 0.29) is 17.0 Å². The predicted molar refractivity (Wildman–Crippen MR) is 59.5 cm³/mol. The van der Waals surface area contributed by atoms with E-state index >= 15 is 0 Å². The molecule has 0 spiro atoms. The number of hydrogen-bond donors (Lipinski definition) is 0. The standard InChI is InChI=1S/C13H15N2.BrH/c1-11-12(2)15(9-8-14-11)10-13-6-4-3-5-7-13;/h3-9H,10H2,1-2H3;1H/q+1;/p-1. The molecular weight excluding hydrogens is 264 g/mol. The van der Waals surface area contributed by atoms with Crippen LogP contribution in [0.1, 0.15) is 17.0 Å². The summed E-state index contributed by atoms with van der Waals surface area (Å²) in [4.78, 5) is 4.26. The largest absolute Gasteiger partial charge is 1.00 e. The van der Waals surface area contributed by atoms with Gasteiger partial charge in [-0.3, -0.25) is 0 Å². The predicted octanol–water partition coefficient (Wildman–Crippen LogP) is -0.962. The van der Waals surface area contributed by atoms with E-state index in [2.05, 4.69) is 40.7 Å². The number of nitrogens with zero attached hydrogens (tertiary/aromatic N) is 2. The van der Waals surface area contributed by atoms with Crippen molar-refractivity contribution in [2.45, 2.75) is 20.4 Å². The molecule has 0 saturated heterocycles. The van der Waals surface area contributed by atoms with E-state index in [4.69, 9.17) is 0 Å². The van der Waals surface area contributed by atoms with Crippen molar-refractivity contribution >= 4 is 0 Å². The highest BCUT2D eigenvalue weighted by atomic mass is 79.9. The lowest BCUT2D eigenvalue weighted by Gasteiger charge is -2.01. The zero-order chi connectivity index (χ0) is 10.7. The Labute approximate surface area is 107 Å². The minimum absolute atomic E-state index is 0. The van der Waals surface area contributed by atoms with Crippen LogP contribution in [-0.2, 0) is 6.54 Å². The first-order chi connectivity index (χ1) is 7.27. The molecule has 0 aliphatic carbocycles. The molecule has 2 aromatic rings. The first-order valence-electron chi connectivity index (χ1n) is 5.13. The molecular formula is C13H15BrN2. The monoisotopic (exact) mass is 278 g/mol.